The smallest absolute Gasteiger partial charge is 0.242 e. The van der Waals surface area contributed by atoms with Gasteiger partial charge in [0.1, 0.15) is 6.61 Å². The summed E-state index contributed by atoms with van der Waals surface area (Å²) < 4.78 is 13.2. The maximum atomic E-state index is 6.44. The number of hydrogen-bond acceptors (Lipinski definition) is 6. The Labute approximate surface area is 177 Å². The molecule has 0 fully saturated rings. The molecule has 0 aliphatic carbocycles. The fourth-order valence-electron chi connectivity index (χ4n) is 2.44. The highest BCUT2D eigenvalue weighted by Gasteiger charge is 2.13. The van der Waals surface area contributed by atoms with Crippen molar-refractivity contribution in [2.75, 3.05) is 11.9 Å². The lowest BCUT2D eigenvalue weighted by Crippen LogP contribution is -2.07. The molecule has 1 heterocycles. The van der Waals surface area contributed by atoms with Crippen LogP contribution in [-0.2, 0) is 20.2 Å². The van der Waals surface area contributed by atoms with E-state index in [1.807, 2.05) is 19.1 Å². The van der Waals surface area contributed by atoms with Crippen LogP contribution in [0, 0.1) is 0 Å². The molecule has 148 valence electrons. The number of ether oxygens (including phenoxy) is 2. The van der Waals surface area contributed by atoms with E-state index in [2.05, 4.69) is 20.8 Å². The minimum atomic E-state index is 0.259. The second kappa shape index (κ2) is 9.32. The third kappa shape index (κ3) is 4.98. The highest BCUT2D eigenvalue weighted by molar-refractivity contribution is 6.35. The Morgan fingerprint density at radius 2 is 1.75 bits per heavy atom. The molecule has 2 aromatic carbocycles. The van der Waals surface area contributed by atoms with Crippen molar-refractivity contribution in [2.24, 2.45) is 7.05 Å². The summed E-state index contributed by atoms with van der Waals surface area (Å²) in [4.78, 5) is 0. The molecule has 10 heteroatoms. The number of benzene rings is 2. The number of nitrogens with zero attached hydrogens (tertiary/aromatic N) is 4. The molecular formula is C18H18Cl3N5O2. The first-order valence-electron chi connectivity index (χ1n) is 8.46. The zero-order chi connectivity index (χ0) is 20.1. The molecule has 0 amide bonds. The maximum absolute atomic E-state index is 6.44. The van der Waals surface area contributed by atoms with E-state index in [9.17, 15) is 0 Å². The number of anilines is 1. The molecule has 0 saturated carbocycles. The van der Waals surface area contributed by atoms with Crippen molar-refractivity contribution in [2.45, 2.75) is 20.1 Å². The van der Waals surface area contributed by atoms with Crippen molar-refractivity contribution < 1.29 is 9.47 Å². The van der Waals surface area contributed by atoms with Crippen LogP contribution < -0.4 is 14.8 Å². The molecule has 0 aliphatic heterocycles. The molecule has 0 unspecified atom stereocenters. The Bertz CT molecular complexity index is 964. The number of rotatable bonds is 8. The summed E-state index contributed by atoms with van der Waals surface area (Å²) in [5, 5.41) is 16.0. The molecule has 0 spiro atoms. The monoisotopic (exact) mass is 441 g/mol. The first-order chi connectivity index (χ1) is 13.5. The Hall–Kier alpha value is -2.22. The van der Waals surface area contributed by atoms with Crippen molar-refractivity contribution in [3.05, 3.63) is 56.5 Å². The predicted octanol–water partition coefficient (Wildman–Crippen LogP) is 4.76. The Morgan fingerprint density at radius 3 is 2.43 bits per heavy atom. The average molecular weight is 443 g/mol. The van der Waals surface area contributed by atoms with Crippen LogP contribution in [0.2, 0.25) is 15.1 Å². The normalized spacial score (nSPS) is 10.8. The second-order valence-electron chi connectivity index (χ2n) is 5.83. The molecule has 7 nitrogen and oxygen atoms in total. The third-order valence-corrected chi connectivity index (χ3v) is 4.81. The number of nitrogens with one attached hydrogen (secondary N) is 1. The van der Waals surface area contributed by atoms with Gasteiger partial charge in [0, 0.05) is 40.3 Å². The van der Waals surface area contributed by atoms with E-state index in [0.29, 0.717) is 45.7 Å². The van der Waals surface area contributed by atoms with Gasteiger partial charge in [0.05, 0.1) is 6.61 Å². The van der Waals surface area contributed by atoms with Gasteiger partial charge in [-0.15, -0.1) is 0 Å². The number of aromatic nitrogens is 4. The average Bonchev–Trinajstić information content (AvgIpc) is 3.06. The highest BCUT2D eigenvalue weighted by Crippen LogP contribution is 2.35. The molecule has 0 atom stereocenters. The van der Waals surface area contributed by atoms with Crippen molar-refractivity contribution >= 4 is 40.8 Å². The fraction of sp³-hybridized carbons (Fsp3) is 0.278. The Morgan fingerprint density at radius 1 is 1.00 bits per heavy atom. The lowest BCUT2D eigenvalue weighted by molar-refractivity contribution is 0.269. The zero-order valence-corrected chi connectivity index (χ0v) is 17.5. The third-order valence-electron chi connectivity index (χ3n) is 3.87. The van der Waals surface area contributed by atoms with Crippen molar-refractivity contribution in [1.29, 1.82) is 0 Å². The van der Waals surface area contributed by atoms with Crippen LogP contribution in [0.3, 0.4) is 0 Å². The number of hydrogen-bond donors (Lipinski definition) is 1. The molecule has 3 rings (SSSR count). The minimum absolute atomic E-state index is 0.259. The molecule has 0 bridgehead atoms. The number of aryl methyl sites for hydroxylation is 1. The van der Waals surface area contributed by atoms with Gasteiger partial charge in [0.2, 0.25) is 5.95 Å². The molecule has 3 aromatic rings. The van der Waals surface area contributed by atoms with Gasteiger partial charge < -0.3 is 14.8 Å². The van der Waals surface area contributed by atoms with E-state index < -0.39 is 0 Å². The van der Waals surface area contributed by atoms with E-state index in [-0.39, 0.29) is 6.61 Å². The van der Waals surface area contributed by atoms with Crippen LogP contribution >= 0.6 is 34.8 Å². The molecule has 0 aliphatic rings. The van der Waals surface area contributed by atoms with Crippen molar-refractivity contribution in [1.82, 2.24) is 20.2 Å². The Kier molecular flexibility index (Phi) is 6.83. The van der Waals surface area contributed by atoms with E-state index in [1.54, 1.807) is 25.2 Å². The summed E-state index contributed by atoms with van der Waals surface area (Å²) in [5.74, 6) is 1.65. The molecule has 1 aromatic heterocycles. The van der Waals surface area contributed by atoms with Crippen molar-refractivity contribution in [3.63, 3.8) is 0 Å². The van der Waals surface area contributed by atoms with Gasteiger partial charge in [0.25, 0.3) is 0 Å². The topological polar surface area (TPSA) is 74.1 Å². The number of halogens is 3. The second-order valence-corrected chi connectivity index (χ2v) is 7.08. The summed E-state index contributed by atoms with van der Waals surface area (Å²) in [6, 6.07) is 8.82. The van der Waals surface area contributed by atoms with Crippen LogP contribution in [0.5, 0.6) is 11.5 Å². The predicted molar refractivity (Wildman–Crippen MR) is 110 cm³/mol. The van der Waals surface area contributed by atoms with Gasteiger partial charge in [-0.05, 0) is 41.1 Å². The van der Waals surface area contributed by atoms with Crippen LogP contribution in [-0.4, -0.2) is 26.8 Å². The fourth-order valence-corrected chi connectivity index (χ4v) is 3.13. The van der Waals surface area contributed by atoms with E-state index in [1.165, 1.54) is 4.68 Å². The van der Waals surface area contributed by atoms with Gasteiger partial charge in [-0.3, -0.25) is 0 Å². The summed E-state index contributed by atoms with van der Waals surface area (Å²) in [6.45, 7) is 3.07. The van der Waals surface area contributed by atoms with Crippen molar-refractivity contribution in [3.8, 4) is 11.5 Å². The quantitative estimate of drug-likeness (QED) is 0.542. The molecule has 28 heavy (non-hydrogen) atoms. The summed E-state index contributed by atoms with van der Waals surface area (Å²) in [7, 11) is 1.74. The van der Waals surface area contributed by atoms with Gasteiger partial charge >= 0.3 is 0 Å². The largest absolute Gasteiger partial charge is 0.490 e. The Balaban J connectivity index is 1.77. The molecule has 0 saturated heterocycles. The van der Waals surface area contributed by atoms with Crippen LogP contribution in [0.15, 0.2) is 30.3 Å². The zero-order valence-electron chi connectivity index (χ0n) is 15.2. The van der Waals surface area contributed by atoms with E-state index in [4.69, 9.17) is 44.3 Å². The maximum Gasteiger partial charge on any atom is 0.242 e. The van der Waals surface area contributed by atoms with Gasteiger partial charge in [0.15, 0.2) is 11.5 Å². The minimum Gasteiger partial charge on any atom is -0.490 e. The number of tetrazole rings is 1. The van der Waals surface area contributed by atoms with Crippen LogP contribution in [0.1, 0.15) is 18.1 Å². The molecule has 1 N–H and O–H groups in total. The molecular weight excluding hydrogens is 425 g/mol. The summed E-state index contributed by atoms with van der Waals surface area (Å²) in [6.07, 6.45) is 0. The standard InChI is InChI=1S/C18H18Cl3N5O2/c1-3-27-16-6-12(9-22-18-23-24-25-26(18)2)15(21)8-17(16)28-10-11-4-5-13(19)7-14(11)20/h4-8H,3,9-10H2,1-2H3,(H,22,23,25). The van der Waals surface area contributed by atoms with Gasteiger partial charge in [-0.2, -0.15) is 0 Å². The molecule has 0 radical (unpaired) electrons. The van der Waals surface area contributed by atoms with Crippen LogP contribution in [0.25, 0.3) is 0 Å². The summed E-state index contributed by atoms with van der Waals surface area (Å²) in [5.41, 5.74) is 1.63. The van der Waals surface area contributed by atoms with Crippen LogP contribution in [0.4, 0.5) is 5.95 Å². The SMILES string of the molecule is CCOc1cc(CNc2nnnn2C)c(Cl)cc1OCc1ccc(Cl)cc1Cl. The highest BCUT2D eigenvalue weighted by atomic mass is 35.5. The lowest BCUT2D eigenvalue weighted by Gasteiger charge is -2.16. The van der Waals surface area contributed by atoms with Gasteiger partial charge in [-0.25, -0.2) is 4.68 Å². The van der Waals surface area contributed by atoms with E-state index in [0.717, 1.165) is 11.1 Å². The van der Waals surface area contributed by atoms with E-state index >= 15 is 0 Å². The van der Waals surface area contributed by atoms with Gasteiger partial charge in [-0.1, -0.05) is 46.0 Å². The first-order valence-corrected chi connectivity index (χ1v) is 9.59. The first kappa shape index (κ1) is 20.5. The summed E-state index contributed by atoms with van der Waals surface area (Å²) >= 11 is 18.6. The lowest BCUT2D eigenvalue weighted by atomic mass is 10.2.